The topological polar surface area (TPSA) is 43.3 Å². The van der Waals surface area contributed by atoms with Gasteiger partial charge in [0.25, 0.3) is 0 Å². The van der Waals surface area contributed by atoms with Crippen LogP contribution in [0.5, 0.6) is 0 Å². The first-order valence-electron chi connectivity index (χ1n) is 13.5. The Labute approximate surface area is 227 Å². The summed E-state index contributed by atoms with van der Waals surface area (Å²) in [6.45, 7) is 0. The SMILES string of the molecule is c1ccc2cc(-c3ccc4c(c3)oc3ccc5c(c6cccc7c8nc9ccccc9nc8n5c76)c34)ccc2c1. The van der Waals surface area contributed by atoms with E-state index in [2.05, 4.69) is 95.4 Å². The lowest BCUT2D eigenvalue weighted by Gasteiger charge is -2.04. The van der Waals surface area contributed by atoms with Crippen LogP contribution < -0.4 is 0 Å². The van der Waals surface area contributed by atoms with Gasteiger partial charge in [0.05, 0.1) is 22.1 Å². The lowest BCUT2D eigenvalue weighted by molar-refractivity contribution is 0.669. The van der Waals surface area contributed by atoms with Crippen molar-refractivity contribution in [3.8, 4) is 11.1 Å². The fourth-order valence-corrected chi connectivity index (χ4v) is 6.71. The largest absolute Gasteiger partial charge is 0.456 e. The van der Waals surface area contributed by atoms with Crippen molar-refractivity contribution in [3.05, 3.63) is 115 Å². The van der Waals surface area contributed by atoms with E-state index >= 15 is 0 Å². The number of benzene rings is 6. The van der Waals surface area contributed by atoms with Gasteiger partial charge < -0.3 is 4.42 Å². The molecule has 0 bridgehead atoms. The molecule has 0 aliphatic rings. The van der Waals surface area contributed by atoms with Crippen molar-refractivity contribution in [1.29, 1.82) is 0 Å². The first kappa shape index (κ1) is 20.5. The van der Waals surface area contributed by atoms with Crippen LogP contribution in [0.3, 0.4) is 0 Å². The molecule has 0 amide bonds. The Balaban J connectivity index is 1.29. The van der Waals surface area contributed by atoms with Gasteiger partial charge >= 0.3 is 0 Å². The molecule has 0 aliphatic carbocycles. The third-order valence-electron chi connectivity index (χ3n) is 8.49. The van der Waals surface area contributed by atoms with Gasteiger partial charge in [-0.3, -0.25) is 4.40 Å². The molecule has 10 aromatic rings. The molecule has 4 aromatic heterocycles. The molecule has 40 heavy (non-hydrogen) atoms. The smallest absolute Gasteiger partial charge is 0.165 e. The Morgan fingerprint density at radius 1 is 0.525 bits per heavy atom. The first-order valence-corrected chi connectivity index (χ1v) is 13.5. The highest BCUT2D eigenvalue weighted by Crippen LogP contribution is 2.44. The first-order chi connectivity index (χ1) is 19.8. The van der Waals surface area contributed by atoms with Gasteiger partial charge in [-0.2, -0.15) is 0 Å². The third kappa shape index (κ3) is 2.51. The van der Waals surface area contributed by atoms with Crippen LogP contribution in [-0.2, 0) is 0 Å². The van der Waals surface area contributed by atoms with Gasteiger partial charge in [0, 0.05) is 26.9 Å². The summed E-state index contributed by atoms with van der Waals surface area (Å²) in [6.07, 6.45) is 0. The number of hydrogen-bond donors (Lipinski definition) is 0. The number of nitrogens with zero attached hydrogens (tertiary/aromatic N) is 3. The van der Waals surface area contributed by atoms with Gasteiger partial charge in [0.15, 0.2) is 5.65 Å². The van der Waals surface area contributed by atoms with E-state index < -0.39 is 0 Å². The molecule has 0 unspecified atom stereocenters. The maximum atomic E-state index is 6.51. The average Bonchev–Trinajstić information content (AvgIpc) is 3.65. The number of rotatable bonds is 1. The summed E-state index contributed by atoms with van der Waals surface area (Å²) in [5, 5.41) is 8.28. The summed E-state index contributed by atoms with van der Waals surface area (Å²) in [5.74, 6) is 0. The Bertz CT molecular complexity index is 2660. The minimum atomic E-state index is 0.894. The van der Waals surface area contributed by atoms with Gasteiger partial charge in [-0.15, -0.1) is 0 Å². The zero-order chi connectivity index (χ0) is 25.9. The molecular formula is C36H19N3O. The van der Waals surface area contributed by atoms with Crippen molar-refractivity contribution in [1.82, 2.24) is 14.4 Å². The van der Waals surface area contributed by atoms with Crippen LogP contribution in [0.15, 0.2) is 120 Å². The summed E-state index contributed by atoms with van der Waals surface area (Å²) >= 11 is 0. The summed E-state index contributed by atoms with van der Waals surface area (Å²) in [6, 6.07) is 40.6. The van der Waals surface area contributed by atoms with E-state index in [4.69, 9.17) is 14.4 Å². The van der Waals surface area contributed by atoms with E-state index in [1.165, 1.54) is 27.1 Å². The molecule has 0 saturated carbocycles. The number of fused-ring (bicyclic) bond motifs is 12. The number of furan rings is 1. The Morgan fingerprint density at radius 3 is 2.23 bits per heavy atom. The van der Waals surface area contributed by atoms with Crippen molar-refractivity contribution < 1.29 is 4.42 Å². The number of aromatic nitrogens is 3. The fourth-order valence-electron chi connectivity index (χ4n) is 6.71. The molecule has 0 fully saturated rings. The Hall–Kier alpha value is -5.48. The average molecular weight is 510 g/mol. The molecular weight excluding hydrogens is 490 g/mol. The Morgan fingerprint density at radius 2 is 1.30 bits per heavy atom. The molecule has 4 heterocycles. The van der Waals surface area contributed by atoms with E-state index in [0.29, 0.717) is 0 Å². The van der Waals surface area contributed by atoms with Crippen molar-refractivity contribution in [2.45, 2.75) is 0 Å². The molecule has 0 N–H and O–H groups in total. The zero-order valence-electron chi connectivity index (χ0n) is 21.2. The quantitative estimate of drug-likeness (QED) is 0.221. The molecule has 184 valence electrons. The summed E-state index contributed by atoms with van der Waals surface area (Å²) in [5.41, 5.74) is 10.1. The maximum Gasteiger partial charge on any atom is 0.165 e. The number of hydrogen-bond acceptors (Lipinski definition) is 3. The second-order valence-corrected chi connectivity index (χ2v) is 10.6. The van der Waals surface area contributed by atoms with Gasteiger partial charge in [0.1, 0.15) is 16.7 Å². The van der Waals surface area contributed by atoms with E-state index in [0.717, 1.165) is 66.1 Å². The van der Waals surface area contributed by atoms with Crippen LogP contribution in [-0.4, -0.2) is 14.4 Å². The highest BCUT2D eigenvalue weighted by molar-refractivity contribution is 6.31. The highest BCUT2D eigenvalue weighted by atomic mass is 16.3. The van der Waals surface area contributed by atoms with Crippen LogP contribution in [0, 0.1) is 0 Å². The predicted octanol–water partition coefficient (Wildman–Crippen LogP) is 9.50. The second kappa shape index (κ2) is 7.13. The third-order valence-corrected chi connectivity index (χ3v) is 8.49. The molecule has 4 heteroatoms. The van der Waals surface area contributed by atoms with Crippen LogP contribution in [0.4, 0.5) is 0 Å². The summed E-state index contributed by atoms with van der Waals surface area (Å²) in [4.78, 5) is 10.1. The monoisotopic (exact) mass is 509 g/mol. The van der Waals surface area contributed by atoms with Gasteiger partial charge in [-0.05, 0) is 64.4 Å². The van der Waals surface area contributed by atoms with Crippen molar-refractivity contribution >= 4 is 82.1 Å². The summed E-state index contributed by atoms with van der Waals surface area (Å²) < 4.78 is 8.79. The number of para-hydroxylation sites is 3. The van der Waals surface area contributed by atoms with Crippen LogP contribution in [0.1, 0.15) is 0 Å². The molecule has 0 atom stereocenters. The fraction of sp³-hybridized carbons (Fsp3) is 0. The zero-order valence-corrected chi connectivity index (χ0v) is 21.2. The molecule has 0 radical (unpaired) electrons. The maximum absolute atomic E-state index is 6.51. The Kier molecular flexibility index (Phi) is 3.65. The molecule has 0 aliphatic heterocycles. The van der Waals surface area contributed by atoms with E-state index in [9.17, 15) is 0 Å². The van der Waals surface area contributed by atoms with Crippen molar-refractivity contribution in [2.75, 3.05) is 0 Å². The van der Waals surface area contributed by atoms with Gasteiger partial charge in [-0.1, -0.05) is 72.8 Å². The minimum absolute atomic E-state index is 0.894. The standard InChI is InChI=1S/C36H19N3O/c1-2-7-21-18-22(13-12-20(21)6-1)23-14-15-24-31(19-23)40-30-17-16-29-32(33(24)30)25-8-5-9-26-34-36(39(29)35(25)26)38-28-11-4-3-10-27(28)37-34/h1-19H. The van der Waals surface area contributed by atoms with E-state index in [-0.39, 0.29) is 0 Å². The molecule has 0 spiro atoms. The predicted molar refractivity (Wildman–Crippen MR) is 164 cm³/mol. The molecule has 10 rings (SSSR count). The second-order valence-electron chi connectivity index (χ2n) is 10.6. The lowest BCUT2D eigenvalue weighted by atomic mass is 9.99. The van der Waals surface area contributed by atoms with Crippen LogP contribution in [0.25, 0.3) is 93.2 Å². The van der Waals surface area contributed by atoms with Gasteiger partial charge in [0.2, 0.25) is 0 Å². The minimum Gasteiger partial charge on any atom is -0.456 e. The molecule has 0 saturated heterocycles. The van der Waals surface area contributed by atoms with Gasteiger partial charge in [-0.25, -0.2) is 9.97 Å². The van der Waals surface area contributed by atoms with Crippen molar-refractivity contribution in [2.24, 2.45) is 0 Å². The molecule has 4 nitrogen and oxygen atoms in total. The van der Waals surface area contributed by atoms with E-state index in [1.54, 1.807) is 0 Å². The highest BCUT2D eigenvalue weighted by Gasteiger charge is 2.23. The summed E-state index contributed by atoms with van der Waals surface area (Å²) in [7, 11) is 0. The van der Waals surface area contributed by atoms with E-state index in [1.807, 2.05) is 24.3 Å². The van der Waals surface area contributed by atoms with Crippen LogP contribution in [0.2, 0.25) is 0 Å². The lowest BCUT2D eigenvalue weighted by Crippen LogP contribution is -1.88. The van der Waals surface area contributed by atoms with Crippen LogP contribution >= 0.6 is 0 Å². The van der Waals surface area contributed by atoms with Crippen molar-refractivity contribution in [3.63, 3.8) is 0 Å². The molecule has 6 aromatic carbocycles. The normalized spacial score (nSPS) is 12.5.